The number of pyridine rings is 1. The third-order valence-corrected chi connectivity index (χ3v) is 4.43. The van der Waals surface area contributed by atoms with Crippen molar-refractivity contribution in [3.63, 3.8) is 0 Å². The second kappa shape index (κ2) is 6.70. The summed E-state index contributed by atoms with van der Waals surface area (Å²) in [6, 6.07) is 10.0. The van der Waals surface area contributed by atoms with Gasteiger partial charge in [-0.3, -0.25) is 0 Å². The van der Waals surface area contributed by atoms with E-state index in [1.807, 2.05) is 32.0 Å². The van der Waals surface area contributed by atoms with E-state index in [1.54, 1.807) is 18.6 Å². The van der Waals surface area contributed by atoms with E-state index in [0.29, 0.717) is 12.1 Å². The quantitative estimate of drug-likeness (QED) is 0.737. The molecule has 6 heteroatoms. The molecule has 0 aliphatic carbocycles. The maximum Gasteiger partial charge on any atom is 0.433 e. The van der Waals surface area contributed by atoms with Crippen LogP contribution < -0.4 is 0 Å². The summed E-state index contributed by atoms with van der Waals surface area (Å²) in [6.07, 6.45) is -0.803. The molecule has 0 saturated heterocycles. The summed E-state index contributed by atoms with van der Waals surface area (Å²) in [5.74, 6) is -0.140. The molecular weight excluding hydrogens is 327 g/mol. The van der Waals surface area contributed by atoms with Crippen LogP contribution in [0.15, 0.2) is 48.9 Å². The second-order valence-electron chi connectivity index (χ2n) is 6.06. The van der Waals surface area contributed by atoms with E-state index >= 15 is 0 Å². The number of rotatable bonds is 4. The van der Waals surface area contributed by atoms with Gasteiger partial charge in [-0.1, -0.05) is 24.3 Å². The molecule has 0 aliphatic rings. The van der Waals surface area contributed by atoms with Crippen LogP contribution in [0.1, 0.15) is 39.7 Å². The number of imidazole rings is 1. The highest BCUT2D eigenvalue weighted by Gasteiger charge is 2.32. The number of aromatic nitrogens is 3. The summed E-state index contributed by atoms with van der Waals surface area (Å²) in [6.45, 7) is 4.04. The van der Waals surface area contributed by atoms with Gasteiger partial charge in [0.15, 0.2) is 0 Å². The first-order valence-electron chi connectivity index (χ1n) is 7.94. The Bertz CT molecular complexity index is 855. The lowest BCUT2D eigenvalue weighted by atomic mass is 9.87. The molecule has 0 saturated carbocycles. The molecule has 1 atom stereocenters. The fourth-order valence-electron chi connectivity index (χ4n) is 2.96. The van der Waals surface area contributed by atoms with Gasteiger partial charge in [0.2, 0.25) is 0 Å². The zero-order valence-electron chi connectivity index (χ0n) is 13.9. The topological polar surface area (TPSA) is 41.6 Å². The van der Waals surface area contributed by atoms with Crippen LogP contribution in [0.2, 0.25) is 0 Å². The van der Waals surface area contributed by atoms with Gasteiger partial charge in [0.25, 0.3) is 0 Å². The largest absolute Gasteiger partial charge is 0.433 e. The van der Waals surface area contributed by atoms with Gasteiger partial charge in [-0.2, -0.15) is 13.2 Å². The Balaban J connectivity index is 2.01. The van der Waals surface area contributed by atoms with Crippen molar-refractivity contribution in [1.29, 1.82) is 0 Å². The van der Waals surface area contributed by atoms with E-state index in [0.717, 1.165) is 28.5 Å². The first-order chi connectivity index (χ1) is 11.9. The van der Waals surface area contributed by atoms with E-state index < -0.39 is 11.9 Å². The predicted molar refractivity (Wildman–Crippen MR) is 89.3 cm³/mol. The Kier molecular flexibility index (Phi) is 4.61. The van der Waals surface area contributed by atoms with Crippen molar-refractivity contribution >= 4 is 0 Å². The number of nitrogens with one attached hydrogen (secondary N) is 1. The number of nitrogens with zero attached hydrogens (tertiary/aromatic N) is 2. The lowest BCUT2D eigenvalue weighted by Gasteiger charge is -2.19. The van der Waals surface area contributed by atoms with E-state index in [4.69, 9.17) is 0 Å². The lowest BCUT2D eigenvalue weighted by molar-refractivity contribution is -0.141. The van der Waals surface area contributed by atoms with Crippen molar-refractivity contribution in [3.8, 4) is 0 Å². The summed E-state index contributed by atoms with van der Waals surface area (Å²) in [5.41, 5.74) is 3.70. The number of hydrogen-bond donors (Lipinski definition) is 1. The van der Waals surface area contributed by atoms with Gasteiger partial charge >= 0.3 is 6.18 Å². The van der Waals surface area contributed by atoms with Crippen molar-refractivity contribution in [1.82, 2.24) is 15.0 Å². The molecule has 1 aromatic carbocycles. The lowest BCUT2D eigenvalue weighted by Crippen LogP contribution is -2.13. The second-order valence-corrected chi connectivity index (χ2v) is 6.06. The predicted octanol–water partition coefficient (Wildman–Crippen LogP) is 4.81. The molecule has 0 amide bonds. The van der Waals surface area contributed by atoms with E-state index in [2.05, 4.69) is 15.0 Å². The molecule has 0 fully saturated rings. The van der Waals surface area contributed by atoms with Crippen LogP contribution in [-0.2, 0) is 12.6 Å². The minimum absolute atomic E-state index is 0.140. The molecule has 0 bridgehead atoms. The van der Waals surface area contributed by atoms with Crippen LogP contribution in [0.3, 0.4) is 0 Å². The highest BCUT2D eigenvalue weighted by Crippen LogP contribution is 2.32. The summed E-state index contributed by atoms with van der Waals surface area (Å²) in [5, 5.41) is 0. The molecule has 3 nitrogen and oxygen atoms in total. The third kappa shape index (κ3) is 3.73. The third-order valence-electron chi connectivity index (χ3n) is 4.43. The standard InChI is InChI=1S/C19H18F3N3/c1-12-5-3-7-15(13(12)2)16(17-10-23-11-24-17)9-14-6-4-8-18(25-14)19(20,21)22/h3-8,10-11,16H,9H2,1-2H3,(H,23,24)/t16-/m1/s1. The Labute approximate surface area is 144 Å². The van der Waals surface area contributed by atoms with E-state index in [9.17, 15) is 13.2 Å². The average molecular weight is 345 g/mol. The van der Waals surface area contributed by atoms with Crippen molar-refractivity contribution in [3.05, 3.63) is 82.7 Å². The Morgan fingerprint density at radius 3 is 2.52 bits per heavy atom. The Hall–Kier alpha value is -2.63. The number of alkyl halides is 3. The van der Waals surface area contributed by atoms with Gasteiger partial charge in [-0.15, -0.1) is 0 Å². The number of aryl methyl sites for hydroxylation is 1. The van der Waals surface area contributed by atoms with Crippen molar-refractivity contribution < 1.29 is 13.2 Å². The van der Waals surface area contributed by atoms with Crippen molar-refractivity contribution in [2.45, 2.75) is 32.4 Å². The minimum atomic E-state index is -4.45. The summed E-state index contributed by atoms with van der Waals surface area (Å²) in [4.78, 5) is 11.0. The molecule has 0 unspecified atom stereocenters. The molecule has 3 aromatic rings. The Morgan fingerprint density at radius 1 is 1.08 bits per heavy atom. The minimum Gasteiger partial charge on any atom is -0.348 e. The number of hydrogen-bond acceptors (Lipinski definition) is 2. The highest BCUT2D eigenvalue weighted by molar-refractivity contribution is 5.40. The number of benzene rings is 1. The summed E-state index contributed by atoms with van der Waals surface area (Å²) >= 11 is 0. The fraction of sp³-hybridized carbons (Fsp3) is 0.263. The number of H-pyrrole nitrogens is 1. The molecular formula is C19H18F3N3. The smallest absolute Gasteiger partial charge is 0.348 e. The van der Waals surface area contributed by atoms with E-state index in [-0.39, 0.29) is 5.92 Å². The van der Waals surface area contributed by atoms with E-state index in [1.165, 1.54) is 6.07 Å². The fourth-order valence-corrected chi connectivity index (χ4v) is 2.96. The maximum atomic E-state index is 12.9. The van der Waals surface area contributed by atoms with Crippen LogP contribution in [0.5, 0.6) is 0 Å². The maximum absolute atomic E-state index is 12.9. The number of halogens is 3. The Morgan fingerprint density at radius 2 is 1.84 bits per heavy atom. The van der Waals surface area contributed by atoms with Crippen LogP contribution in [0, 0.1) is 13.8 Å². The SMILES string of the molecule is Cc1cccc([C@@H](Cc2cccc(C(F)(F)F)n2)c2cnc[nH]2)c1C. The number of aromatic amines is 1. The molecule has 0 aliphatic heterocycles. The zero-order chi connectivity index (χ0) is 18.0. The van der Waals surface area contributed by atoms with Gasteiger partial charge in [-0.25, -0.2) is 9.97 Å². The normalized spacial score (nSPS) is 13.0. The van der Waals surface area contributed by atoms with Crippen molar-refractivity contribution in [2.75, 3.05) is 0 Å². The average Bonchev–Trinajstić information content (AvgIpc) is 3.09. The van der Waals surface area contributed by atoms with Gasteiger partial charge in [0.1, 0.15) is 5.69 Å². The van der Waals surface area contributed by atoms with Crippen LogP contribution >= 0.6 is 0 Å². The highest BCUT2D eigenvalue weighted by atomic mass is 19.4. The van der Waals surface area contributed by atoms with Crippen molar-refractivity contribution in [2.24, 2.45) is 0 Å². The van der Waals surface area contributed by atoms with Crippen LogP contribution in [-0.4, -0.2) is 15.0 Å². The molecule has 0 spiro atoms. The molecule has 3 rings (SSSR count). The molecule has 0 radical (unpaired) electrons. The summed E-state index contributed by atoms with van der Waals surface area (Å²) in [7, 11) is 0. The molecule has 2 aromatic heterocycles. The van der Waals surface area contributed by atoms with Crippen LogP contribution in [0.4, 0.5) is 13.2 Å². The van der Waals surface area contributed by atoms with Gasteiger partial charge in [-0.05, 0) is 42.7 Å². The van der Waals surface area contributed by atoms with Gasteiger partial charge in [0.05, 0.1) is 6.33 Å². The van der Waals surface area contributed by atoms with Gasteiger partial charge in [0, 0.05) is 29.9 Å². The molecule has 25 heavy (non-hydrogen) atoms. The van der Waals surface area contributed by atoms with Gasteiger partial charge < -0.3 is 4.98 Å². The monoisotopic (exact) mass is 345 g/mol. The first-order valence-corrected chi connectivity index (χ1v) is 7.94. The molecule has 1 N–H and O–H groups in total. The van der Waals surface area contributed by atoms with Crippen LogP contribution in [0.25, 0.3) is 0 Å². The zero-order valence-corrected chi connectivity index (χ0v) is 13.9. The summed E-state index contributed by atoms with van der Waals surface area (Å²) < 4.78 is 38.8. The molecule has 2 heterocycles. The molecule has 130 valence electrons. The first kappa shape index (κ1) is 17.2.